The van der Waals surface area contributed by atoms with Crippen molar-refractivity contribution in [3.63, 3.8) is 0 Å². The van der Waals surface area contributed by atoms with E-state index in [1.807, 2.05) is 18.2 Å². The van der Waals surface area contributed by atoms with Gasteiger partial charge >= 0.3 is 7.12 Å². The molecule has 1 aliphatic rings. The van der Waals surface area contributed by atoms with Crippen molar-refractivity contribution in [3.05, 3.63) is 78.9 Å². The third-order valence-electron chi connectivity index (χ3n) is 6.48. The van der Waals surface area contributed by atoms with Crippen molar-refractivity contribution < 1.29 is 13.7 Å². The molecule has 5 heteroatoms. The summed E-state index contributed by atoms with van der Waals surface area (Å²) in [5.74, 6) is 0.0672. The number of hydrogen-bond acceptors (Lipinski definition) is 3. The lowest BCUT2D eigenvalue weighted by Crippen LogP contribution is -2.46. The van der Waals surface area contributed by atoms with Crippen molar-refractivity contribution in [3.8, 4) is 0 Å². The molecule has 30 heavy (non-hydrogen) atoms. The molecule has 1 saturated heterocycles. The fourth-order valence-electron chi connectivity index (χ4n) is 3.90. The highest BCUT2D eigenvalue weighted by Crippen LogP contribution is 2.41. The molecule has 160 valence electrons. The predicted octanol–water partition coefficient (Wildman–Crippen LogP) is 5.75. The topological polar surface area (TPSA) is 27.7 Å². The standard InChI is InChI=1S/C25H35BO3Si/c1-8-20(19-26-28-24(2,3)25(4,5)29-26)23(21-15-11-9-12-16-21)27-30(6,7)22-17-13-10-14-18-22/h8-18,20,23H,1,19H2,2-7H3. The van der Waals surface area contributed by atoms with E-state index < -0.39 is 8.32 Å². The van der Waals surface area contributed by atoms with E-state index in [4.69, 9.17) is 13.7 Å². The first kappa shape index (κ1) is 23.0. The van der Waals surface area contributed by atoms with Gasteiger partial charge in [0.05, 0.1) is 17.3 Å². The largest absolute Gasteiger partial charge is 0.458 e. The van der Waals surface area contributed by atoms with Crippen LogP contribution in [0.4, 0.5) is 0 Å². The lowest BCUT2D eigenvalue weighted by molar-refractivity contribution is 0.00578. The van der Waals surface area contributed by atoms with Crippen molar-refractivity contribution in [1.29, 1.82) is 0 Å². The molecular weight excluding hydrogens is 387 g/mol. The first-order valence-electron chi connectivity index (χ1n) is 10.8. The highest BCUT2D eigenvalue weighted by atomic mass is 28.4. The maximum Gasteiger partial charge on any atom is 0.458 e. The van der Waals surface area contributed by atoms with Crippen LogP contribution in [0.3, 0.4) is 0 Å². The Bertz CT molecular complexity index is 820. The summed E-state index contributed by atoms with van der Waals surface area (Å²) in [7, 11) is -2.43. The molecule has 0 amide bonds. The molecule has 0 aromatic heterocycles. The number of hydrogen-bond donors (Lipinski definition) is 0. The van der Waals surface area contributed by atoms with Gasteiger partial charge in [-0.15, -0.1) is 6.58 Å². The van der Waals surface area contributed by atoms with Crippen molar-refractivity contribution in [2.24, 2.45) is 5.92 Å². The van der Waals surface area contributed by atoms with Crippen LogP contribution >= 0.6 is 0 Å². The summed E-state index contributed by atoms with van der Waals surface area (Å²) in [6.07, 6.45) is 2.59. The van der Waals surface area contributed by atoms with Gasteiger partial charge in [0.15, 0.2) is 0 Å². The molecule has 1 aliphatic heterocycles. The average molecular weight is 422 g/mol. The van der Waals surface area contributed by atoms with E-state index in [2.05, 4.69) is 95.9 Å². The van der Waals surface area contributed by atoms with Crippen LogP contribution in [0.1, 0.15) is 39.4 Å². The van der Waals surface area contributed by atoms with Crippen LogP contribution in [-0.2, 0) is 13.7 Å². The van der Waals surface area contributed by atoms with Crippen LogP contribution in [0.5, 0.6) is 0 Å². The molecular formula is C25H35BO3Si. The van der Waals surface area contributed by atoms with Crippen LogP contribution in [0, 0.1) is 5.92 Å². The van der Waals surface area contributed by atoms with Crippen LogP contribution in [-0.4, -0.2) is 26.6 Å². The molecule has 1 heterocycles. The maximum atomic E-state index is 6.93. The van der Waals surface area contributed by atoms with Crippen molar-refractivity contribution in [2.45, 2.75) is 64.4 Å². The Morgan fingerprint density at radius 1 is 0.933 bits per heavy atom. The van der Waals surface area contributed by atoms with Crippen molar-refractivity contribution >= 4 is 20.6 Å². The van der Waals surface area contributed by atoms with Gasteiger partial charge in [-0.25, -0.2) is 0 Å². The number of rotatable bonds is 8. The second kappa shape index (κ2) is 8.83. The summed E-state index contributed by atoms with van der Waals surface area (Å²) in [5, 5.41) is 1.28. The molecule has 0 radical (unpaired) electrons. The average Bonchev–Trinajstić information content (AvgIpc) is 2.92. The van der Waals surface area contributed by atoms with Crippen molar-refractivity contribution in [1.82, 2.24) is 0 Å². The van der Waals surface area contributed by atoms with E-state index in [0.717, 1.165) is 5.56 Å². The van der Waals surface area contributed by atoms with Gasteiger partial charge in [-0.3, -0.25) is 0 Å². The van der Waals surface area contributed by atoms with E-state index in [1.165, 1.54) is 5.19 Å². The summed E-state index contributed by atoms with van der Waals surface area (Å²) in [6, 6.07) is 21.0. The molecule has 0 N–H and O–H groups in total. The van der Waals surface area contributed by atoms with Gasteiger partial charge in [-0.2, -0.15) is 0 Å². The summed E-state index contributed by atoms with van der Waals surface area (Å²) in [4.78, 5) is 0. The van der Waals surface area contributed by atoms with E-state index in [-0.39, 0.29) is 30.3 Å². The summed E-state index contributed by atoms with van der Waals surface area (Å²) in [6.45, 7) is 17.0. The molecule has 0 spiro atoms. The zero-order valence-corrected chi connectivity index (χ0v) is 20.2. The normalized spacial score (nSPS) is 20.0. The SMILES string of the molecule is C=CC(CB1OC(C)(C)C(C)(C)O1)C(O[Si](C)(C)c1ccccc1)c1ccccc1. The number of benzene rings is 2. The fraction of sp³-hybridized carbons (Fsp3) is 0.440. The summed E-state index contributed by atoms with van der Waals surface area (Å²) >= 11 is 0. The molecule has 0 saturated carbocycles. The molecule has 2 aromatic rings. The smallest absolute Gasteiger partial charge is 0.405 e. The molecule has 1 fully saturated rings. The van der Waals surface area contributed by atoms with Crippen LogP contribution in [0.15, 0.2) is 73.3 Å². The minimum absolute atomic E-state index is 0.0672. The van der Waals surface area contributed by atoms with Crippen LogP contribution < -0.4 is 5.19 Å². The van der Waals surface area contributed by atoms with E-state index in [9.17, 15) is 0 Å². The quantitative estimate of drug-likeness (QED) is 0.400. The van der Waals surface area contributed by atoms with Gasteiger partial charge in [0.25, 0.3) is 0 Å². The van der Waals surface area contributed by atoms with Gasteiger partial charge in [-0.05, 0) is 57.9 Å². The maximum absolute atomic E-state index is 6.93. The Morgan fingerprint density at radius 3 is 1.93 bits per heavy atom. The third-order valence-corrected chi connectivity index (χ3v) is 9.04. The minimum Gasteiger partial charge on any atom is -0.405 e. The van der Waals surface area contributed by atoms with Gasteiger partial charge in [0.1, 0.15) is 0 Å². The molecule has 2 unspecified atom stereocenters. The van der Waals surface area contributed by atoms with E-state index >= 15 is 0 Å². The fourth-order valence-corrected chi connectivity index (χ4v) is 5.97. The molecule has 2 aromatic carbocycles. The Morgan fingerprint density at radius 2 is 1.43 bits per heavy atom. The Labute approximate surface area is 183 Å². The second-order valence-electron chi connectivity index (χ2n) is 9.65. The lowest BCUT2D eigenvalue weighted by atomic mass is 9.74. The first-order valence-corrected chi connectivity index (χ1v) is 13.7. The Kier molecular flexibility index (Phi) is 6.78. The third kappa shape index (κ3) is 4.97. The zero-order chi connectivity index (χ0) is 22.0. The van der Waals surface area contributed by atoms with Crippen LogP contribution in [0.25, 0.3) is 0 Å². The minimum atomic E-state index is -2.15. The first-order chi connectivity index (χ1) is 14.1. The van der Waals surface area contributed by atoms with Crippen molar-refractivity contribution in [2.75, 3.05) is 0 Å². The molecule has 3 rings (SSSR count). The molecule has 3 nitrogen and oxygen atoms in total. The lowest BCUT2D eigenvalue weighted by Gasteiger charge is -2.34. The van der Waals surface area contributed by atoms with Crippen LogP contribution in [0.2, 0.25) is 19.4 Å². The van der Waals surface area contributed by atoms with Gasteiger partial charge in [0, 0.05) is 5.92 Å². The molecule has 0 bridgehead atoms. The van der Waals surface area contributed by atoms with Gasteiger partial charge in [-0.1, -0.05) is 66.7 Å². The van der Waals surface area contributed by atoms with E-state index in [1.54, 1.807) is 0 Å². The monoisotopic (exact) mass is 422 g/mol. The van der Waals surface area contributed by atoms with Gasteiger partial charge in [0.2, 0.25) is 8.32 Å². The highest BCUT2D eigenvalue weighted by Gasteiger charge is 2.51. The zero-order valence-electron chi connectivity index (χ0n) is 19.2. The predicted molar refractivity (Wildman–Crippen MR) is 128 cm³/mol. The van der Waals surface area contributed by atoms with Gasteiger partial charge < -0.3 is 13.7 Å². The van der Waals surface area contributed by atoms with E-state index in [0.29, 0.717) is 6.32 Å². The second-order valence-corrected chi connectivity index (χ2v) is 13.5. The highest BCUT2D eigenvalue weighted by molar-refractivity contribution is 6.84. The Hall–Kier alpha value is -1.66. The molecule has 0 aliphatic carbocycles. The molecule has 2 atom stereocenters. The summed E-state index contributed by atoms with van der Waals surface area (Å²) in [5.41, 5.74) is 0.477. The Balaban J connectivity index is 1.87. The summed E-state index contributed by atoms with van der Waals surface area (Å²) < 4.78 is 19.5.